The van der Waals surface area contributed by atoms with Gasteiger partial charge in [0.15, 0.2) is 0 Å². The average molecular weight is 232 g/mol. The fourth-order valence-electron chi connectivity index (χ4n) is 2.00. The van der Waals surface area contributed by atoms with Crippen LogP contribution in [0.4, 0.5) is 0 Å². The van der Waals surface area contributed by atoms with Crippen LogP contribution >= 0.6 is 0 Å². The van der Waals surface area contributed by atoms with E-state index in [0.29, 0.717) is 0 Å². The van der Waals surface area contributed by atoms with Crippen molar-refractivity contribution in [2.75, 3.05) is 0 Å². The maximum atomic E-state index is 4.50. The lowest BCUT2D eigenvalue weighted by molar-refractivity contribution is 1.29. The lowest BCUT2D eigenvalue weighted by Crippen LogP contribution is -1.88. The Morgan fingerprint density at radius 1 is 0.611 bits per heavy atom. The van der Waals surface area contributed by atoms with Gasteiger partial charge in [-0.3, -0.25) is 9.97 Å². The molecule has 0 atom stereocenters. The summed E-state index contributed by atoms with van der Waals surface area (Å²) in [6.45, 7) is 0. The number of nitrogens with zero attached hydrogens (tertiary/aromatic N) is 2. The molecule has 0 aliphatic heterocycles. The highest BCUT2D eigenvalue weighted by atomic mass is 14.7. The normalized spacial score (nSPS) is 10.2. The zero-order chi connectivity index (χ0) is 12.2. The predicted molar refractivity (Wildman–Crippen MR) is 72.9 cm³/mol. The highest BCUT2D eigenvalue weighted by molar-refractivity contribution is 5.80. The summed E-state index contributed by atoms with van der Waals surface area (Å²) >= 11 is 0. The number of pyridine rings is 2. The van der Waals surface area contributed by atoms with Gasteiger partial charge in [-0.1, -0.05) is 36.4 Å². The molecule has 0 bridgehead atoms. The maximum Gasteiger partial charge on any atom is 0.0781 e. The molecular formula is C16H12N2. The molecular weight excluding hydrogens is 220 g/mol. The molecule has 2 heterocycles. The first-order valence-electron chi connectivity index (χ1n) is 5.86. The molecule has 86 valence electrons. The number of hydrogen-bond donors (Lipinski definition) is 0. The summed E-state index contributed by atoms with van der Waals surface area (Å²) in [7, 11) is 0. The Bertz CT molecular complexity index is 575. The fourth-order valence-corrected chi connectivity index (χ4v) is 2.00. The lowest BCUT2D eigenvalue weighted by atomic mass is 10.0. The van der Waals surface area contributed by atoms with Crippen LogP contribution in [0.1, 0.15) is 0 Å². The molecule has 0 saturated heterocycles. The van der Waals surface area contributed by atoms with Crippen molar-refractivity contribution in [3.8, 4) is 22.4 Å². The van der Waals surface area contributed by atoms with Crippen LogP contribution in [0, 0.1) is 0 Å². The number of aromatic nitrogens is 2. The van der Waals surface area contributed by atoms with Crippen LogP contribution in [0.2, 0.25) is 0 Å². The van der Waals surface area contributed by atoms with Gasteiger partial charge in [-0.05, 0) is 23.8 Å². The zero-order valence-corrected chi connectivity index (χ0v) is 9.82. The molecule has 3 rings (SSSR count). The second-order valence-electron chi connectivity index (χ2n) is 4.00. The quantitative estimate of drug-likeness (QED) is 0.671. The van der Waals surface area contributed by atoms with Gasteiger partial charge in [0.1, 0.15) is 0 Å². The molecule has 2 aromatic heterocycles. The van der Waals surface area contributed by atoms with E-state index in [0.717, 1.165) is 16.8 Å². The van der Waals surface area contributed by atoms with Gasteiger partial charge >= 0.3 is 0 Å². The average Bonchev–Trinajstić information content (AvgIpc) is 2.49. The van der Waals surface area contributed by atoms with Crippen molar-refractivity contribution in [3.05, 3.63) is 73.2 Å². The lowest BCUT2D eigenvalue weighted by Gasteiger charge is -2.08. The topological polar surface area (TPSA) is 25.8 Å². The largest absolute Gasteiger partial charge is 0.265 e. The van der Waals surface area contributed by atoms with E-state index >= 15 is 0 Å². The Labute approximate surface area is 106 Å². The minimum absolute atomic E-state index is 0.992. The molecule has 2 heteroatoms. The van der Waals surface area contributed by atoms with E-state index in [4.69, 9.17) is 0 Å². The van der Waals surface area contributed by atoms with Gasteiger partial charge in [-0.15, -0.1) is 0 Å². The third kappa shape index (κ3) is 2.00. The second-order valence-corrected chi connectivity index (χ2v) is 4.00. The Morgan fingerprint density at radius 2 is 1.39 bits per heavy atom. The standard InChI is InChI=1S/C16H12N2/c1-2-5-13(6-3-1)15-7-4-10-18-16(15)14-8-11-17-12-9-14/h1-12H. The van der Waals surface area contributed by atoms with E-state index in [1.165, 1.54) is 5.56 Å². The van der Waals surface area contributed by atoms with Crippen molar-refractivity contribution in [1.29, 1.82) is 0 Å². The van der Waals surface area contributed by atoms with Gasteiger partial charge in [-0.25, -0.2) is 0 Å². The Morgan fingerprint density at radius 3 is 2.17 bits per heavy atom. The van der Waals surface area contributed by atoms with E-state index in [1.807, 2.05) is 42.6 Å². The van der Waals surface area contributed by atoms with Gasteiger partial charge in [0.25, 0.3) is 0 Å². The van der Waals surface area contributed by atoms with E-state index in [2.05, 4.69) is 28.2 Å². The monoisotopic (exact) mass is 232 g/mol. The molecule has 1 aromatic carbocycles. The molecule has 18 heavy (non-hydrogen) atoms. The van der Waals surface area contributed by atoms with E-state index in [9.17, 15) is 0 Å². The molecule has 2 nitrogen and oxygen atoms in total. The van der Waals surface area contributed by atoms with Crippen molar-refractivity contribution in [3.63, 3.8) is 0 Å². The molecule has 0 aliphatic carbocycles. The zero-order valence-electron chi connectivity index (χ0n) is 9.82. The molecule has 0 spiro atoms. The van der Waals surface area contributed by atoms with Gasteiger partial charge in [-0.2, -0.15) is 0 Å². The summed E-state index contributed by atoms with van der Waals surface area (Å²) < 4.78 is 0. The minimum atomic E-state index is 0.992. The van der Waals surface area contributed by atoms with E-state index < -0.39 is 0 Å². The summed E-state index contributed by atoms with van der Waals surface area (Å²) in [5.41, 5.74) is 4.40. The molecule has 0 unspecified atom stereocenters. The summed E-state index contributed by atoms with van der Waals surface area (Å²) in [4.78, 5) is 8.54. The SMILES string of the molecule is c1ccc(-c2cccnc2-c2ccncc2)cc1. The first-order chi connectivity index (χ1) is 8.95. The third-order valence-electron chi connectivity index (χ3n) is 2.85. The molecule has 0 saturated carbocycles. The minimum Gasteiger partial charge on any atom is -0.265 e. The fraction of sp³-hybridized carbons (Fsp3) is 0. The Kier molecular flexibility index (Phi) is 2.84. The van der Waals surface area contributed by atoms with Gasteiger partial charge < -0.3 is 0 Å². The van der Waals surface area contributed by atoms with E-state index in [-0.39, 0.29) is 0 Å². The van der Waals surface area contributed by atoms with Gasteiger partial charge in [0, 0.05) is 29.7 Å². The van der Waals surface area contributed by atoms with Crippen molar-refractivity contribution >= 4 is 0 Å². The molecule has 0 N–H and O–H groups in total. The smallest absolute Gasteiger partial charge is 0.0781 e. The van der Waals surface area contributed by atoms with Crippen LogP contribution in [0.25, 0.3) is 22.4 Å². The molecule has 0 amide bonds. The summed E-state index contributed by atoms with van der Waals surface area (Å²) in [5.74, 6) is 0. The van der Waals surface area contributed by atoms with Crippen LogP contribution in [-0.4, -0.2) is 9.97 Å². The molecule has 0 fully saturated rings. The Hall–Kier alpha value is -2.48. The van der Waals surface area contributed by atoms with Crippen LogP contribution in [0.15, 0.2) is 73.2 Å². The number of rotatable bonds is 2. The molecule has 0 radical (unpaired) electrons. The number of hydrogen-bond acceptors (Lipinski definition) is 2. The van der Waals surface area contributed by atoms with Crippen LogP contribution in [0.5, 0.6) is 0 Å². The van der Waals surface area contributed by atoms with Crippen molar-refractivity contribution in [2.24, 2.45) is 0 Å². The summed E-state index contributed by atoms with van der Waals surface area (Å²) in [6.07, 6.45) is 5.40. The first-order valence-corrected chi connectivity index (χ1v) is 5.86. The maximum absolute atomic E-state index is 4.50. The van der Waals surface area contributed by atoms with Crippen molar-refractivity contribution < 1.29 is 0 Å². The van der Waals surface area contributed by atoms with Gasteiger partial charge in [0.2, 0.25) is 0 Å². The second kappa shape index (κ2) is 4.80. The van der Waals surface area contributed by atoms with E-state index in [1.54, 1.807) is 12.4 Å². The molecule has 3 aromatic rings. The van der Waals surface area contributed by atoms with Crippen LogP contribution in [0.3, 0.4) is 0 Å². The number of benzene rings is 1. The van der Waals surface area contributed by atoms with Crippen molar-refractivity contribution in [1.82, 2.24) is 9.97 Å². The predicted octanol–water partition coefficient (Wildman–Crippen LogP) is 3.81. The van der Waals surface area contributed by atoms with Crippen molar-refractivity contribution in [2.45, 2.75) is 0 Å². The van der Waals surface area contributed by atoms with Crippen LogP contribution < -0.4 is 0 Å². The highest BCUT2D eigenvalue weighted by Crippen LogP contribution is 2.29. The van der Waals surface area contributed by atoms with Gasteiger partial charge in [0.05, 0.1) is 5.69 Å². The summed E-state index contributed by atoms with van der Waals surface area (Å²) in [6, 6.07) is 18.3. The summed E-state index contributed by atoms with van der Waals surface area (Å²) in [5, 5.41) is 0. The third-order valence-corrected chi connectivity index (χ3v) is 2.85. The van der Waals surface area contributed by atoms with Crippen LogP contribution in [-0.2, 0) is 0 Å². The highest BCUT2D eigenvalue weighted by Gasteiger charge is 2.07. The first kappa shape index (κ1) is 10.7. The molecule has 0 aliphatic rings. The Balaban J connectivity index is 2.18.